The van der Waals surface area contributed by atoms with Crippen LogP contribution in [0, 0.1) is 0 Å². The maximum absolute atomic E-state index is 6.01. The minimum absolute atomic E-state index is 0.0799. The molecule has 5 nitrogen and oxygen atoms in total. The average molecular weight is 379 g/mol. The van der Waals surface area contributed by atoms with Crippen LogP contribution in [0.3, 0.4) is 0 Å². The molecule has 0 aliphatic heterocycles. The lowest BCUT2D eigenvalue weighted by Crippen LogP contribution is -2.06. The van der Waals surface area contributed by atoms with Gasteiger partial charge in [-0.25, -0.2) is 9.97 Å². The number of H-pyrrole nitrogens is 1. The number of aromatic nitrogens is 3. The van der Waals surface area contributed by atoms with Crippen LogP contribution >= 0.6 is 11.3 Å². The number of nitrogens with one attached hydrogen (secondary N) is 1. The zero-order chi connectivity index (χ0) is 18.6. The summed E-state index contributed by atoms with van der Waals surface area (Å²) in [5, 5.41) is 4.23. The van der Waals surface area contributed by atoms with E-state index < -0.39 is 0 Å². The Morgan fingerprint density at radius 2 is 2.04 bits per heavy atom. The third kappa shape index (κ3) is 4.28. The van der Waals surface area contributed by atoms with E-state index in [1.165, 1.54) is 5.56 Å². The number of hydrogen-bond acceptors (Lipinski definition) is 5. The Labute approximate surface area is 162 Å². The number of hydrogen-bond donors (Lipinski definition) is 1. The zero-order valence-electron chi connectivity index (χ0n) is 15.3. The maximum Gasteiger partial charge on any atom is 0.178 e. The van der Waals surface area contributed by atoms with Gasteiger partial charge in [0.1, 0.15) is 17.3 Å². The number of nitrogens with zero attached hydrogens (tertiary/aromatic N) is 2. The van der Waals surface area contributed by atoms with Gasteiger partial charge < -0.3 is 14.5 Å². The molecule has 1 N–H and O–H groups in total. The Kier molecular flexibility index (Phi) is 5.07. The van der Waals surface area contributed by atoms with Crippen molar-refractivity contribution in [2.75, 3.05) is 6.61 Å². The van der Waals surface area contributed by atoms with Gasteiger partial charge in [-0.05, 0) is 60.5 Å². The summed E-state index contributed by atoms with van der Waals surface area (Å²) in [4.78, 5) is 12.2. The standard InChI is InChI=1S/C21H21N3O2S/c1-14(2)26-18-11-16(20-23-19-4-3-7-22-21(19)24-20)10-17(12-18)25-8-5-15-6-9-27-13-15/h3-4,6-7,9-14H,5,8H2,1-2H3,(H,22,23,24). The van der Waals surface area contributed by atoms with Crippen LogP contribution in [0.25, 0.3) is 22.6 Å². The van der Waals surface area contributed by atoms with Crippen LogP contribution < -0.4 is 9.47 Å². The molecule has 0 aliphatic carbocycles. The van der Waals surface area contributed by atoms with Gasteiger partial charge in [0.15, 0.2) is 5.65 Å². The molecular weight excluding hydrogens is 358 g/mol. The van der Waals surface area contributed by atoms with Crippen LogP contribution in [0.2, 0.25) is 0 Å². The minimum atomic E-state index is 0.0799. The van der Waals surface area contributed by atoms with Crippen molar-refractivity contribution in [1.82, 2.24) is 15.0 Å². The molecule has 0 amide bonds. The molecule has 0 bridgehead atoms. The summed E-state index contributed by atoms with van der Waals surface area (Å²) in [6, 6.07) is 11.9. The Balaban J connectivity index is 1.61. The maximum atomic E-state index is 6.01. The quantitative estimate of drug-likeness (QED) is 0.486. The molecule has 3 heterocycles. The van der Waals surface area contributed by atoms with E-state index in [2.05, 4.69) is 31.8 Å². The summed E-state index contributed by atoms with van der Waals surface area (Å²) < 4.78 is 11.9. The van der Waals surface area contributed by atoms with Crippen LogP contribution in [0.5, 0.6) is 11.5 Å². The van der Waals surface area contributed by atoms with Gasteiger partial charge >= 0.3 is 0 Å². The molecule has 6 heteroatoms. The van der Waals surface area contributed by atoms with Gasteiger partial charge in [-0.1, -0.05) is 0 Å². The third-order valence-electron chi connectivity index (χ3n) is 4.02. The first-order valence-corrected chi connectivity index (χ1v) is 9.88. The number of thiophene rings is 1. The number of aromatic amines is 1. The Morgan fingerprint density at radius 1 is 1.15 bits per heavy atom. The van der Waals surface area contributed by atoms with Crippen LogP contribution in [-0.2, 0) is 6.42 Å². The van der Waals surface area contributed by atoms with Gasteiger partial charge in [0.25, 0.3) is 0 Å². The highest BCUT2D eigenvalue weighted by molar-refractivity contribution is 7.07. The monoisotopic (exact) mass is 379 g/mol. The molecule has 1 aromatic carbocycles. The molecule has 27 heavy (non-hydrogen) atoms. The number of benzene rings is 1. The minimum Gasteiger partial charge on any atom is -0.493 e. The van der Waals surface area contributed by atoms with E-state index in [4.69, 9.17) is 9.47 Å². The number of ether oxygens (including phenoxy) is 2. The average Bonchev–Trinajstić information content (AvgIpc) is 3.30. The van der Waals surface area contributed by atoms with E-state index in [0.29, 0.717) is 12.3 Å². The lowest BCUT2D eigenvalue weighted by molar-refractivity contribution is 0.240. The van der Waals surface area contributed by atoms with Gasteiger partial charge in [0, 0.05) is 24.2 Å². The normalized spacial score (nSPS) is 11.2. The zero-order valence-corrected chi connectivity index (χ0v) is 16.1. The molecule has 4 aromatic rings. The topological polar surface area (TPSA) is 60.0 Å². The van der Waals surface area contributed by atoms with Gasteiger partial charge in [-0.3, -0.25) is 0 Å². The van der Waals surface area contributed by atoms with Crippen LogP contribution in [-0.4, -0.2) is 27.7 Å². The third-order valence-corrected chi connectivity index (χ3v) is 4.75. The summed E-state index contributed by atoms with van der Waals surface area (Å²) in [6.07, 6.45) is 2.70. The van der Waals surface area contributed by atoms with Crippen LogP contribution in [0.1, 0.15) is 19.4 Å². The number of imidazole rings is 1. The molecule has 4 rings (SSSR count). The molecule has 138 valence electrons. The second kappa shape index (κ2) is 7.80. The van der Waals surface area contributed by atoms with Crippen molar-refractivity contribution >= 4 is 22.5 Å². The van der Waals surface area contributed by atoms with Gasteiger partial charge in [0.2, 0.25) is 0 Å². The Morgan fingerprint density at radius 3 is 2.81 bits per heavy atom. The van der Waals surface area contributed by atoms with Gasteiger partial charge in [-0.15, -0.1) is 0 Å². The fourth-order valence-electron chi connectivity index (χ4n) is 2.84. The summed E-state index contributed by atoms with van der Waals surface area (Å²) in [5.41, 5.74) is 3.81. The lowest BCUT2D eigenvalue weighted by atomic mass is 10.2. The first-order valence-electron chi connectivity index (χ1n) is 8.94. The smallest absolute Gasteiger partial charge is 0.178 e. The number of rotatable bonds is 7. The van der Waals surface area contributed by atoms with Crippen molar-refractivity contribution in [3.05, 3.63) is 58.9 Å². The Bertz CT molecular complexity index is 992. The van der Waals surface area contributed by atoms with Crippen LogP contribution in [0.4, 0.5) is 0 Å². The summed E-state index contributed by atoms with van der Waals surface area (Å²) in [5.74, 6) is 2.29. The van der Waals surface area contributed by atoms with Gasteiger partial charge in [0.05, 0.1) is 18.2 Å². The first-order chi connectivity index (χ1) is 13.2. The summed E-state index contributed by atoms with van der Waals surface area (Å²) in [6.45, 7) is 4.63. The predicted molar refractivity (Wildman–Crippen MR) is 109 cm³/mol. The van der Waals surface area contributed by atoms with E-state index in [1.54, 1.807) is 17.5 Å². The highest BCUT2D eigenvalue weighted by Gasteiger charge is 2.11. The highest BCUT2D eigenvalue weighted by Crippen LogP contribution is 2.30. The molecule has 0 radical (unpaired) electrons. The van der Waals surface area contributed by atoms with E-state index in [-0.39, 0.29) is 6.10 Å². The van der Waals surface area contributed by atoms with Gasteiger partial charge in [-0.2, -0.15) is 11.3 Å². The fourth-order valence-corrected chi connectivity index (χ4v) is 3.54. The predicted octanol–water partition coefficient (Wildman–Crippen LogP) is 5.10. The van der Waals surface area contributed by atoms with Crippen molar-refractivity contribution in [2.24, 2.45) is 0 Å². The van der Waals surface area contributed by atoms with Crippen molar-refractivity contribution in [1.29, 1.82) is 0 Å². The molecule has 0 unspecified atom stereocenters. The Hall–Kier alpha value is -2.86. The SMILES string of the molecule is CC(C)Oc1cc(OCCc2ccsc2)cc(-c2nc3ncccc3[nH]2)c1. The second-order valence-corrected chi connectivity index (χ2v) is 7.33. The molecule has 0 saturated carbocycles. The molecular formula is C21H21N3O2S. The van der Waals surface area contributed by atoms with Crippen molar-refractivity contribution in [3.63, 3.8) is 0 Å². The molecule has 0 atom stereocenters. The number of fused-ring (bicyclic) bond motifs is 1. The lowest BCUT2D eigenvalue weighted by Gasteiger charge is -2.13. The van der Waals surface area contributed by atoms with Crippen molar-refractivity contribution < 1.29 is 9.47 Å². The largest absolute Gasteiger partial charge is 0.493 e. The van der Waals surface area contributed by atoms with E-state index in [9.17, 15) is 0 Å². The molecule has 0 fully saturated rings. The fraction of sp³-hybridized carbons (Fsp3) is 0.238. The van der Waals surface area contributed by atoms with E-state index in [1.807, 2.05) is 44.2 Å². The van der Waals surface area contributed by atoms with E-state index in [0.717, 1.165) is 34.8 Å². The van der Waals surface area contributed by atoms with Crippen molar-refractivity contribution in [2.45, 2.75) is 26.4 Å². The van der Waals surface area contributed by atoms with Crippen LogP contribution in [0.15, 0.2) is 53.4 Å². The van der Waals surface area contributed by atoms with Crippen molar-refractivity contribution in [3.8, 4) is 22.9 Å². The van der Waals surface area contributed by atoms with E-state index >= 15 is 0 Å². The second-order valence-electron chi connectivity index (χ2n) is 6.55. The molecule has 0 saturated heterocycles. The molecule has 0 spiro atoms. The highest BCUT2D eigenvalue weighted by atomic mass is 32.1. The first kappa shape index (κ1) is 17.5. The summed E-state index contributed by atoms with van der Waals surface area (Å²) >= 11 is 1.70. The molecule has 0 aliphatic rings. The summed E-state index contributed by atoms with van der Waals surface area (Å²) in [7, 11) is 0. The number of pyridine rings is 1. The molecule has 3 aromatic heterocycles.